The van der Waals surface area contributed by atoms with Gasteiger partial charge in [0, 0.05) is 31.8 Å². The monoisotopic (exact) mass is 221 g/mol. The van der Waals surface area contributed by atoms with E-state index in [1.54, 1.807) is 6.20 Å². The van der Waals surface area contributed by atoms with Crippen LogP contribution in [0.4, 0.5) is 5.69 Å². The van der Waals surface area contributed by atoms with Crippen molar-refractivity contribution in [2.75, 3.05) is 25.4 Å². The van der Waals surface area contributed by atoms with Crippen molar-refractivity contribution in [2.24, 2.45) is 0 Å². The standard InChI is InChI=1S/C12H19N3O/c13-10-3-4-11(15-8-10)5-6-14-9-12-2-1-7-16-12/h3-4,8,12,14H,1-2,5-7,9,13H2. The lowest BCUT2D eigenvalue weighted by Gasteiger charge is -2.10. The average Bonchev–Trinajstić information content (AvgIpc) is 2.80. The molecule has 2 rings (SSSR count). The molecule has 0 aromatic carbocycles. The molecule has 2 heterocycles. The maximum Gasteiger partial charge on any atom is 0.0700 e. The maximum absolute atomic E-state index is 5.57. The van der Waals surface area contributed by atoms with E-state index in [9.17, 15) is 0 Å². The minimum atomic E-state index is 0.416. The van der Waals surface area contributed by atoms with E-state index in [-0.39, 0.29) is 0 Å². The van der Waals surface area contributed by atoms with Crippen LogP contribution in [0, 0.1) is 0 Å². The normalized spacial score (nSPS) is 20.1. The molecule has 0 radical (unpaired) electrons. The Hall–Kier alpha value is -1.13. The molecule has 1 unspecified atom stereocenters. The maximum atomic E-state index is 5.57. The number of hydrogen-bond donors (Lipinski definition) is 2. The van der Waals surface area contributed by atoms with Gasteiger partial charge < -0.3 is 15.8 Å². The summed E-state index contributed by atoms with van der Waals surface area (Å²) in [6, 6.07) is 3.87. The van der Waals surface area contributed by atoms with E-state index in [4.69, 9.17) is 10.5 Å². The van der Waals surface area contributed by atoms with Crippen LogP contribution < -0.4 is 11.1 Å². The SMILES string of the molecule is Nc1ccc(CCNCC2CCCO2)nc1. The predicted molar refractivity (Wildman–Crippen MR) is 64.2 cm³/mol. The zero-order chi connectivity index (χ0) is 11.2. The largest absolute Gasteiger partial charge is 0.397 e. The van der Waals surface area contributed by atoms with Crippen LogP contribution in [0.3, 0.4) is 0 Å². The predicted octanol–water partition coefficient (Wildman–Crippen LogP) is 0.975. The molecule has 0 bridgehead atoms. The van der Waals surface area contributed by atoms with Crippen molar-refractivity contribution in [1.29, 1.82) is 0 Å². The Morgan fingerprint density at radius 1 is 1.50 bits per heavy atom. The molecule has 88 valence electrons. The molecule has 4 heteroatoms. The van der Waals surface area contributed by atoms with E-state index in [0.29, 0.717) is 6.10 Å². The van der Waals surface area contributed by atoms with Gasteiger partial charge in [0.05, 0.1) is 18.0 Å². The first kappa shape index (κ1) is 11.4. The molecule has 0 spiro atoms. The molecule has 4 nitrogen and oxygen atoms in total. The van der Waals surface area contributed by atoms with Gasteiger partial charge in [-0.2, -0.15) is 0 Å². The van der Waals surface area contributed by atoms with E-state index in [1.807, 2.05) is 12.1 Å². The first-order valence-corrected chi connectivity index (χ1v) is 5.87. The Labute approximate surface area is 96.2 Å². The minimum absolute atomic E-state index is 0.416. The molecule has 1 atom stereocenters. The van der Waals surface area contributed by atoms with Gasteiger partial charge in [0.25, 0.3) is 0 Å². The number of anilines is 1. The van der Waals surface area contributed by atoms with Gasteiger partial charge in [-0.1, -0.05) is 0 Å². The molecule has 1 fully saturated rings. The number of pyridine rings is 1. The van der Waals surface area contributed by atoms with Crippen LogP contribution in [-0.2, 0) is 11.2 Å². The molecule has 1 aromatic rings. The van der Waals surface area contributed by atoms with Crippen LogP contribution in [0.1, 0.15) is 18.5 Å². The molecule has 1 aliphatic heterocycles. The Balaban J connectivity index is 1.62. The first-order chi connectivity index (χ1) is 7.84. The number of nitrogen functional groups attached to an aromatic ring is 1. The molecule has 1 aromatic heterocycles. The number of rotatable bonds is 5. The van der Waals surface area contributed by atoms with E-state index in [0.717, 1.165) is 37.5 Å². The second kappa shape index (κ2) is 5.82. The first-order valence-electron chi connectivity index (χ1n) is 5.87. The van der Waals surface area contributed by atoms with Gasteiger partial charge in [0.15, 0.2) is 0 Å². The van der Waals surface area contributed by atoms with Crippen LogP contribution >= 0.6 is 0 Å². The van der Waals surface area contributed by atoms with Crippen LogP contribution in [0.25, 0.3) is 0 Å². The Bertz CT molecular complexity index is 307. The summed E-state index contributed by atoms with van der Waals surface area (Å²) < 4.78 is 5.53. The van der Waals surface area contributed by atoms with E-state index >= 15 is 0 Å². The highest BCUT2D eigenvalue weighted by Crippen LogP contribution is 2.10. The average molecular weight is 221 g/mol. The highest BCUT2D eigenvalue weighted by Gasteiger charge is 2.14. The lowest BCUT2D eigenvalue weighted by atomic mass is 10.2. The highest BCUT2D eigenvalue weighted by molar-refractivity contribution is 5.34. The lowest BCUT2D eigenvalue weighted by Crippen LogP contribution is -2.28. The molecule has 0 saturated carbocycles. The molecule has 1 aliphatic rings. The van der Waals surface area contributed by atoms with E-state index in [1.165, 1.54) is 12.8 Å². The van der Waals surface area contributed by atoms with E-state index < -0.39 is 0 Å². The molecule has 0 aliphatic carbocycles. The van der Waals surface area contributed by atoms with Gasteiger partial charge in [-0.15, -0.1) is 0 Å². The molecule has 0 amide bonds. The van der Waals surface area contributed by atoms with Crippen molar-refractivity contribution in [1.82, 2.24) is 10.3 Å². The van der Waals surface area contributed by atoms with Crippen molar-refractivity contribution in [3.63, 3.8) is 0 Å². The minimum Gasteiger partial charge on any atom is -0.397 e. The fourth-order valence-electron chi connectivity index (χ4n) is 1.87. The van der Waals surface area contributed by atoms with Crippen molar-refractivity contribution in [3.8, 4) is 0 Å². The lowest BCUT2D eigenvalue weighted by molar-refractivity contribution is 0.110. The number of nitrogens with one attached hydrogen (secondary N) is 1. The van der Waals surface area contributed by atoms with Gasteiger partial charge in [0.2, 0.25) is 0 Å². The summed E-state index contributed by atoms with van der Waals surface area (Å²) in [5.74, 6) is 0. The van der Waals surface area contributed by atoms with Gasteiger partial charge >= 0.3 is 0 Å². The fourth-order valence-corrected chi connectivity index (χ4v) is 1.87. The fraction of sp³-hybridized carbons (Fsp3) is 0.583. The van der Waals surface area contributed by atoms with Crippen molar-refractivity contribution in [3.05, 3.63) is 24.0 Å². The second-order valence-corrected chi connectivity index (χ2v) is 4.17. The van der Waals surface area contributed by atoms with Gasteiger partial charge in [-0.05, 0) is 25.0 Å². The van der Waals surface area contributed by atoms with Crippen LogP contribution in [0.2, 0.25) is 0 Å². The Kier molecular flexibility index (Phi) is 4.13. The molecular weight excluding hydrogens is 202 g/mol. The quantitative estimate of drug-likeness (QED) is 0.727. The summed E-state index contributed by atoms with van der Waals surface area (Å²) in [5.41, 5.74) is 7.37. The van der Waals surface area contributed by atoms with Crippen LogP contribution in [0.15, 0.2) is 18.3 Å². The van der Waals surface area contributed by atoms with Crippen molar-refractivity contribution in [2.45, 2.75) is 25.4 Å². The van der Waals surface area contributed by atoms with E-state index in [2.05, 4.69) is 10.3 Å². The summed E-state index contributed by atoms with van der Waals surface area (Å²) in [6.45, 7) is 2.82. The topological polar surface area (TPSA) is 60.2 Å². The van der Waals surface area contributed by atoms with Gasteiger partial charge in [-0.25, -0.2) is 0 Å². The number of aromatic nitrogens is 1. The molecule has 3 N–H and O–H groups in total. The zero-order valence-electron chi connectivity index (χ0n) is 9.48. The molecular formula is C12H19N3O. The summed E-state index contributed by atoms with van der Waals surface area (Å²) in [7, 11) is 0. The number of ether oxygens (including phenoxy) is 1. The zero-order valence-corrected chi connectivity index (χ0v) is 9.48. The summed E-state index contributed by atoms with van der Waals surface area (Å²) in [4.78, 5) is 4.25. The number of nitrogens with zero attached hydrogens (tertiary/aromatic N) is 1. The molecule has 16 heavy (non-hydrogen) atoms. The smallest absolute Gasteiger partial charge is 0.0700 e. The number of nitrogens with two attached hydrogens (primary N) is 1. The highest BCUT2D eigenvalue weighted by atomic mass is 16.5. The van der Waals surface area contributed by atoms with Crippen molar-refractivity contribution >= 4 is 5.69 Å². The molecule has 1 saturated heterocycles. The van der Waals surface area contributed by atoms with Gasteiger partial charge in [0.1, 0.15) is 0 Å². The van der Waals surface area contributed by atoms with Crippen LogP contribution in [0.5, 0.6) is 0 Å². The second-order valence-electron chi connectivity index (χ2n) is 4.17. The summed E-state index contributed by atoms with van der Waals surface area (Å²) in [6.07, 6.45) is 5.45. The van der Waals surface area contributed by atoms with Crippen LogP contribution in [-0.4, -0.2) is 30.8 Å². The van der Waals surface area contributed by atoms with Gasteiger partial charge in [-0.3, -0.25) is 4.98 Å². The number of hydrogen-bond acceptors (Lipinski definition) is 4. The third-order valence-corrected chi connectivity index (χ3v) is 2.80. The Morgan fingerprint density at radius 3 is 3.12 bits per heavy atom. The Morgan fingerprint density at radius 2 is 2.44 bits per heavy atom. The third-order valence-electron chi connectivity index (χ3n) is 2.80. The third kappa shape index (κ3) is 3.47. The summed E-state index contributed by atoms with van der Waals surface area (Å²) >= 11 is 0. The van der Waals surface area contributed by atoms with Crippen molar-refractivity contribution < 1.29 is 4.74 Å². The summed E-state index contributed by atoms with van der Waals surface area (Å²) in [5, 5.41) is 3.39.